The zero-order chi connectivity index (χ0) is 14.8. The van der Waals surface area contributed by atoms with Crippen LogP contribution in [0.5, 0.6) is 0 Å². The molecule has 1 rings (SSSR count). The molecule has 1 saturated heterocycles. The number of rotatable bonds is 4. The van der Waals surface area contributed by atoms with Crippen LogP contribution in [0.15, 0.2) is 0 Å². The van der Waals surface area contributed by atoms with Crippen LogP contribution < -0.4 is 0 Å². The van der Waals surface area contributed by atoms with E-state index < -0.39 is 36.2 Å². The lowest BCUT2D eigenvalue weighted by molar-refractivity contribution is -0.365. The Kier molecular flexibility index (Phi) is 2.87. The first kappa shape index (κ1) is 15.2. The van der Waals surface area contributed by atoms with Crippen LogP contribution >= 0.6 is 0 Å². The van der Waals surface area contributed by atoms with Crippen LogP contribution in [-0.2, 0) is 4.74 Å². The highest BCUT2D eigenvalue weighted by Gasteiger charge is 2.97. The molecule has 0 aromatic heterocycles. The number of halogens is 11. The predicted octanol–water partition coefficient (Wildman–Crippen LogP) is 3.45. The molecule has 0 spiro atoms. The van der Waals surface area contributed by atoms with Crippen molar-refractivity contribution in [2.24, 2.45) is 0 Å². The molecular formula is C6HF11O. The highest BCUT2D eigenvalue weighted by Crippen LogP contribution is 2.66. The van der Waals surface area contributed by atoms with E-state index in [2.05, 4.69) is 4.74 Å². The fraction of sp³-hybridized carbons (Fsp3) is 1.00. The first-order valence-electron chi connectivity index (χ1n) is 3.83. The molecule has 0 saturated carbocycles. The number of alkyl halides is 11. The van der Waals surface area contributed by atoms with Gasteiger partial charge in [-0.05, 0) is 0 Å². The van der Waals surface area contributed by atoms with E-state index in [-0.39, 0.29) is 0 Å². The van der Waals surface area contributed by atoms with Crippen LogP contribution in [0.3, 0.4) is 0 Å². The van der Waals surface area contributed by atoms with Crippen molar-refractivity contribution < 1.29 is 53.0 Å². The quantitative estimate of drug-likeness (QED) is 0.572. The van der Waals surface area contributed by atoms with E-state index in [4.69, 9.17) is 0 Å². The fourth-order valence-corrected chi connectivity index (χ4v) is 0.946. The first-order valence-corrected chi connectivity index (χ1v) is 3.83. The van der Waals surface area contributed by atoms with Gasteiger partial charge in [0.2, 0.25) is 0 Å². The number of hydrogen-bond acceptors (Lipinski definition) is 1. The normalized spacial score (nSPS) is 28.7. The van der Waals surface area contributed by atoms with Crippen LogP contribution in [0.25, 0.3) is 0 Å². The third-order valence-electron chi connectivity index (χ3n) is 2.09. The minimum atomic E-state index is -7.08. The molecule has 108 valence electrons. The highest BCUT2D eigenvalue weighted by molar-refractivity contribution is 5.13. The second-order valence-electron chi connectivity index (χ2n) is 3.29. The summed E-state index contributed by atoms with van der Waals surface area (Å²) < 4.78 is 136. The summed E-state index contributed by atoms with van der Waals surface area (Å²) in [5.74, 6) is -26.4. The molecule has 0 N–H and O–H groups in total. The molecule has 0 aromatic rings. The monoisotopic (exact) mass is 298 g/mol. The van der Waals surface area contributed by atoms with E-state index in [1.54, 1.807) is 0 Å². The molecular weight excluding hydrogens is 297 g/mol. The Labute approximate surface area is 90.5 Å². The third-order valence-corrected chi connectivity index (χ3v) is 2.09. The molecule has 18 heavy (non-hydrogen) atoms. The van der Waals surface area contributed by atoms with E-state index in [0.29, 0.717) is 0 Å². The largest absolute Gasteiger partial charge is 0.424 e. The van der Waals surface area contributed by atoms with Crippen LogP contribution in [-0.4, -0.2) is 36.2 Å². The van der Waals surface area contributed by atoms with E-state index in [1.165, 1.54) is 0 Å². The van der Waals surface area contributed by atoms with Gasteiger partial charge >= 0.3 is 36.2 Å². The molecule has 1 nitrogen and oxygen atoms in total. The lowest BCUT2D eigenvalue weighted by Crippen LogP contribution is -2.63. The maximum absolute atomic E-state index is 12.6. The van der Waals surface area contributed by atoms with Crippen molar-refractivity contribution in [3.05, 3.63) is 0 Å². The number of epoxide rings is 1. The van der Waals surface area contributed by atoms with Crippen LogP contribution in [0.1, 0.15) is 0 Å². The minimum absolute atomic E-state index is 2.31. The number of ether oxygens (including phenoxy) is 1. The molecule has 0 unspecified atom stereocenters. The molecule has 12 heteroatoms. The summed E-state index contributed by atoms with van der Waals surface area (Å²) in [6.07, 6.45) is -10.8. The van der Waals surface area contributed by atoms with Crippen LogP contribution in [0.4, 0.5) is 48.3 Å². The number of hydrogen-bond donors (Lipinski definition) is 0. The van der Waals surface area contributed by atoms with E-state index in [1.807, 2.05) is 0 Å². The molecule has 0 radical (unpaired) electrons. The Hall–Kier alpha value is -0.810. The van der Waals surface area contributed by atoms with Crippen molar-refractivity contribution in [1.29, 1.82) is 0 Å². The minimum Gasteiger partial charge on any atom is -0.265 e. The van der Waals surface area contributed by atoms with E-state index in [9.17, 15) is 48.3 Å². The molecule has 0 bridgehead atoms. The molecule has 0 aromatic carbocycles. The summed E-state index contributed by atoms with van der Waals surface area (Å²) in [5.41, 5.74) is 0. The predicted molar refractivity (Wildman–Crippen MR) is 30.7 cm³/mol. The molecule has 1 aliphatic rings. The van der Waals surface area contributed by atoms with Crippen molar-refractivity contribution in [3.63, 3.8) is 0 Å². The summed E-state index contributed by atoms with van der Waals surface area (Å²) in [5, 5.41) is 0. The molecule has 0 aliphatic carbocycles. The van der Waals surface area contributed by atoms with Gasteiger partial charge in [-0.1, -0.05) is 0 Å². The summed E-state index contributed by atoms with van der Waals surface area (Å²) in [6.45, 7) is 0. The van der Waals surface area contributed by atoms with Gasteiger partial charge in [0.1, 0.15) is 0 Å². The van der Waals surface area contributed by atoms with Gasteiger partial charge in [0, 0.05) is 0 Å². The maximum atomic E-state index is 12.6. The van der Waals surface area contributed by atoms with Gasteiger partial charge in [-0.15, -0.1) is 0 Å². The highest BCUT2D eigenvalue weighted by atomic mass is 19.4. The average Bonchev–Trinajstić information content (AvgIpc) is 2.66. The van der Waals surface area contributed by atoms with Crippen molar-refractivity contribution in [1.82, 2.24) is 0 Å². The summed E-state index contributed by atoms with van der Waals surface area (Å²) in [4.78, 5) is 0. The Morgan fingerprint density at radius 1 is 0.833 bits per heavy atom. The smallest absolute Gasteiger partial charge is 0.265 e. The molecule has 1 fully saturated rings. The SMILES string of the molecule is FC(F)C(F)(F)C(F)(F)C(F)(F)[C@@]1(F)OC1(F)F. The van der Waals surface area contributed by atoms with Crippen molar-refractivity contribution in [2.75, 3.05) is 0 Å². The molecule has 1 atom stereocenters. The van der Waals surface area contributed by atoms with Gasteiger partial charge in [-0.25, -0.2) is 8.78 Å². The van der Waals surface area contributed by atoms with E-state index >= 15 is 0 Å². The fourth-order valence-electron chi connectivity index (χ4n) is 0.946. The van der Waals surface area contributed by atoms with Crippen molar-refractivity contribution in [3.8, 4) is 0 Å². The van der Waals surface area contributed by atoms with Gasteiger partial charge in [-0.3, -0.25) is 4.74 Å². The summed E-state index contributed by atoms with van der Waals surface area (Å²) >= 11 is 0. The maximum Gasteiger partial charge on any atom is 0.424 e. The zero-order valence-electron chi connectivity index (χ0n) is 7.64. The first-order chi connectivity index (χ1) is 7.65. The van der Waals surface area contributed by atoms with Crippen LogP contribution in [0.2, 0.25) is 0 Å². The lowest BCUT2D eigenvalue weighted by Gasteiger charge is -2.32. The molecule has 0 amide bonds. The van der Waals surface area contributed by atoms with Crippen molar-refractivity contribution >= 4 is 0 Å². The topological polar surface area (TPSA) is 12.5 Å². The molecule has 1 aliphatic heterocycles. The second-order valence-corrected chi connectivity index (χ2v) is 3.29. The van der Waals surface area contributed by atoms with Gasteiger partial charge in [-0.2, -0.15) is 39.5 Å². The standard InChI is InChI=1S/C6HF11O/c7-1(8)2(9,10)3(11,12)4(13,14)5(15)6(16,17)18-5/h1H/t5-/m1/s1. The average molecular weight is 298 g/mol. The summed E-state index contributed by atoms with van der Waals surface area (Å²) in [7, 11) is 0. The Morgan fingerprint density at radius 3 is 1.39 bits per heavy atom. The Morgan fingerprint density at radius 2 is 1.17 bits per heavy atom. The van der Waals surface area contributed by atoms with Gasteiger partial charge in [0.25, 0.3) is 0 Å². The van der Waals surface area contributed by atoms with Crippen molar-refractivity contribution in [2.45, 2.75) is 36.2 Å². The lowest BCUT2D eigenvalue weighted by atomic mass is 10.0. The van der Waals surface area contributed by atoms with Gasteiger partial charge < -0.3 is 0 Å². The van der Waals surface area contributed by atoms with Crippen LogP contribution in [0, 0.1) is 0 Å². The second kappa shape index (κ2) is 3.39. The van der Waals surface area contributed by atoms with Gasteiger partial charge in [0.05, 0.1) is 0 Å². The summed E-state index contributed by atoms with van der Waals surface area (Å²) in [6, 6.07) is 0. The van der Waals surface area contributed by atoms with Gasteiger partial charge in [0.15, 0.2) is 0 Å². The zero-order valence-corrected chi connectivity index (χ0v) is 7.64. The Bertz CT molecular complexity index is 335. The Balaban J connectivity index is 3.21. The van der Waals surface area contributed by atoms with E-state index in [0.717, 1.165) is 0 Å². The molecule has 1 heterocycles. The third kappa shape index (κ3) is 1.50.